The standard InChI is InChI=1S/C16H31NS2/c1-3-7-15(8-4-1)18-13-11-17-12-14-19-16-9-5-2-6-10-16/h15-17H,1-14H2. The molecule has 2 aliphatic rings. The summed E-state index contributed by atoms with van der Waals surface area (Å²) in [6.07, 6.45) is 14.8. The molecule has 1 N–H and O–H groups in total. The minimum absolute atomic E-state index is 0.979. The third kappa shape index (κ3) is 7.29. The molecule has 2 fully saturated rings. The molecule has 0 atom stereocenters. The molecule has 2 saturated carbocycles. The molecule has 112 valence electrons. The van der Waals surface area contributed by atoms with Crippen LogP contribution >= 0.6 is 23.5 Å². The fourth-order valence-corrected chi connectivity index (χ4v) is 5.71. The van der Waals surface area contributed by atoms with E-state index < -0.39 is 0 Å². The van der Waals surface area contributed by atoms with E-state index in [1.165, 1.54) is 88.8 Å². The third-order valence-electron chi connectivity index (χ3n) is 4.37. The Labute approximate surface area is 128 Å². The predicted octanol–water partition coefficient (Wildman–Crippen LogP) is 4.71. The van der Waals surface area contributed by atoms with Crippen LogP contribution in [0.15, 0.2) is 0 Å². The second-order valence-electron chi connectivity index (χ2n) is 6.01. The van der Waals surface area contributed by atoms with E-state index in [-0.39, 0.29) is 0 Å². The highest BCUT2D eigenvalue weighted by Crippen LogP contribution is 2.28. The van der Waals surface area contributed by atoms with Gasteiger partial charge in [0, 0.05) is 35.1 Å². The van der Waals surface area contributed by atoms with E-state index in [0.29, 0.717) is 0 Å². The first-order valence-corrected chi connectivity index (χ1v) is 10.5. The Balaban J connectivity index is 1.35. The minimum atomic E-state index is 0.979. The Kier molecular flexibility index (Phi) is 8.78. The molecule has 1 nitrogen and oxygen atoms in total. The van der Waals surface area contributed by atoms with E-state index in [0.717, 1.165) is 10.5 Å². The fraction of sp³-hybridized carbons (Fsp3) is 1.00. The molecule has 0 radical (unpaired) electrons. The smallest absolute Gasteiger partial charge is 0.00608 e. The maximum atomic E-state index is 3.62. The lowest BCUT2D eigenvalue weighted by Gasteiger charge is -2.21. The van der Waals surface area contributed by atoms with E-state index >= 15 is 0 Å². The van der Waals surface area contributed by atoms with Gasteiger partial charge in [0.05, 0.1) is 0 Å². The van der Waals surface area contributed by atoms with Crippen molar-refractivity contribution in [1.82, 2.24) is 5.32 Å². The minimum Gasteiger partial charge on any atom is -0.315 e. The first-order valence-electron chi connectivity index (χ1n) is 8.39. The van der Waals surface area contributed by atoms with Crippen LogP contribution in [0, 0.1) is 0 Å². The Morgan fingerprint density at radius 2 is 1.05 bits per heavy atom. The molecule has 0 aromatic rings. The maximum Gasteiger partial charge on any atom is 0.00608 e. The van der Waals surface area contributed by atoms with Gasteiger partial charge in [0.2, 0.25) is 0 Å². The normalized spacial score (nSPS) is 22.7. The van der Waals surface area contributed by atoms with Crippen LogP contribution in [0.3, 0.4) is 0 Å². The quantitative estimate of drug-likeness (QED) is 0.652. The zero-order valence-electron chi connectivity index (χ0n) is 12.4. The highest BCUT2D eigenvalue weighted by atomic mass is 32.2. The number of hydrogen-bond acceptors (Lipinski definition) is 3. The molecule has 2 rings (SSSR count). The van der Waals surface area contributed by atoms with Gasteiger partial charge in [-0.05, 0) is 25.7 Å². The fourth-order valence-electron chi connectivity index (χ4n) is 3.18. The van der Waals surface area contributed by atoms with Crippen molar-refractivity contribution in [2.45, 2.75) is 74.7 Å². The summed E-state index contributed by atoms with van der Waals surface area (Å²) in [6, 6.07) is 0. The van der Waals surface area contributed by atoms with Crippen molar-refractivity contribution in [3.05, 3.63) is 0 Å². The molecule has 19 heavy (non-hydrogen) atoms. The van der Waals surface area contributed by atoms with Crippen molar-refractivity contribution in [2.24, 2.45) is 0 Å². The molecule has 0 aromatic carbocycles. The average molecular weight is 302 g/mol. The molecule has 0 heterocycles. The van der Waals surface area contributed by atoms with Crippen molar-refractivity contribution in [1.29, 1.82) is 0 Å². The van der Waals surface area contributed by atoms with E-state index in [1.54, 1.807) is 0 Å². The predicted molar refractivity (Wildman–Crippen MR) is 91.5 cm³/mol. The van der Waals surface area contributed by atoms with E-state index in [2.05, 4.69) is 28.8 Å². The lowest BCUT2D eigenvalue weighted by Crippen LogP contribution is -2.22. The van der Waals surface area contributed by atoms with E-state index in [1.807, 2.05) is 0 Å². The van der Waals surface area contributed by atoms with Gasteiger partial charge < -0.3 is 5.32 Å². The number of nitrogens with one attached hydrogen (secondary N) is 1. The van der Waals surface area contributed by atoms with E-state index in [4.69, 9.17) is 0 Å². The number of rotatable bonds is 8. The maximum absolute atomic E-state index is 3.62. The van der Waals surface area contributed by atoms with Gasteiger partial charge in [0.1, 0.15) is 0 Å². The van der Waals surface area contributed by atoms with Crippen LogP contribution in [0.2, 0.25) is 0 Å². The second kappa shape index (κ2) is 10.4. The summed E-state index contributed by atoms with van der Waals surface area (Å²) in [5.41, 5.74) is 0. The van der Waals surface area contributed by atoms with Gasteiger partial charge in [-0.1, -0.05) is 38.5 Å². The Hall–Kier alpha value is 0.660. The van der Waals surface area contributed by atoms with Crippen LogP contribution in [0.25, 0.3) is 0 Å². The summed E-state index contributed by atoms with van der Waals surface area (Å²) in [5.74, 6) is 2.64. The van der Waals surface area contributed by atoms with Crippen LogP contribution in [0.5, 0.6) is 0 Å². The molecule has 3 heteroatoms. The molecule has 0 aromatic heterocycles. The Bertz CT molecular complexity index is 189. The van der Waals surface area contributed by atoms with Gasteiger partial charge in [-0.15, -0.1) is 0 Å². The van der Waals surface area contributed by atoms with Crippen molar-refractivity contribution in [3.8, 4) is 0 Å². The zero-order chi connectivity index (χ0) is 13.2. The van der Waals surface area contributed by atoms with Gasteiger partial charge in [0.15, 0.2) is 0 Å². The molecule has 0 amide bonds. The van der Waals surface area contributed by atoms with E-state index in [9.17, 15) is 0 Å². The molecule has 2 aliphatic carbocycles. The highest BCUT2D eigenvalue weighted by molar-refractivity contribution is 8.00. The highest BCUT2D eigenvalue weighted by Gasteiger charge is 2.14. The van der Waals surface area contributed by atoms with Crippen molar-refractivity contribution in [2.75, 3.05) is 24.6 Å². The molecule has 0 unspecified atom stereocenters. The van der Waals surface area contributed by atoms with Gasteiger partial charge in [0.25, 0.3) is 0 Å². The van der Waals surface area contributed by atoms with Crippen LogP contribution in [-0.4, -0.2) is 35.1 Å². The van der Waals surface area contributed by atoms with Gasteiger partial charge in [-0.3, -0.25) is 0 Å². The van der Waals surface area contributed by atoms with Gasteiger partial charge in [-0.2, -0.15) is 23.5 Å². The lowest BCUT2D eigenvalue weighted by molar-refractivity contribution is 0.515. The molecule has 0 saturated heterocycles. The van der Waals surface area contributed by atoms with Crippen LogP contribution in [0.4, 0.5) is 0 Å². The largest absolute Gasteiger partial charge is 0.315 e. The van der Waals surface area contributed by atoms with Gasteiger partial charge in [-0.25, -0.2) is 0 Å². The van der Waals surface area contributed by atoms with Crippen LogP contribution < -0.4 is 5.32 Å². The van der Waals surface area contributed by atoms with Gasteiger partial charge >= 0.3 is 0 Å². The molecule has 0 spiro atoms. The molecule has 0 bridgehead atoms. The van der Waals surface area contributed by atoms with Crippen molar-refractivity contribution in [3.63, 3.8) is 0 Å². The Morgan fingerprint density at radius 1 is 0.632 bits per heavy atom. The summed E-state index contributed by atoms with van der Waals surface area (Å²) >= 11 is 4.43. The molecular weight excluding hydrogens is 270 g/mol. The summed E-state index contributed by atoms with van der Waals surface area (Å²) in [7, 11) is 0. The number of hydrogen-bond donors (Lipinski definition) is 1. The molecular formula is C16H31NS2. The summed E-state index contributed by atoms with van der Waals surface area (Å²) in [6.45, 7) is 2.43. The molecule has 0 aliphatic heterocycles. The zero-order valence-corrected chi connectivity index (χ0v) is 14.0. The van der Waals surface area contributed by atoms with Crippen LogP contribution in [0.1, 0.15) is 64.2 Å². The SMILES string of the molecule is C1CCC(SCCNCCSC2CCCCC2)CC1. The number of thioether (sulfide) groups is 2. The summed E-state index contributed by atoms with van der Waals surface area (Å²) in [4.78, 5) is 0. The van der Waals surface area contributed by atoms with Crippen molar-refractivity contribution < 1.29 is 0 Å². The van der Waals surface area contributed by atoms with Crippen molar-refractivity contribution >= 4 is 23.5 Å². The summed E-state index contributed by atoms with van der Waals surface area (Å²) < 4.78 is 0. The first kappa shape index (κ1) is 16.0. The summed E-state index contributed by atoms with van der Waals surface area (Å²) in [5, 5.41) is 5.58. The van der Waals surface area contributed by atoms with Crippen LogP contribution in [-0.2, 0) is 0 Å². The third-order valence-corrected chi connectivity index (χ3v) is 7.13. The Morgan fingerprint density at radius 3 is 1.47 bits per heavy atom. The second-order valence-corrected chi connectivity index (χ2v) is 8.83. The first-order chi connectivity index (χ1) is 9.45. The lowest BCUT2D eigenvalue weighted by atomic mass is 10.0. The average Bonchev–Trinajstić information content (AvgIpc) is 2.48. The topological polar surface area (TPSA) is 12.0 Å². The monoisotopic (exact) mass is 301 g/mol.